The summed E-state index contributed by atoms with van der Waals surface area (Å²) in [5.74, 6) is -3.37. The Morgan fingerprint density at radius 2 is 1.83 bits per heavy atom. The maximum Gasteiger partial charge on any atom is 0.344 e. The zero-order chi connectivity index (χ0) is 17.3. The topological polar surface area (TPSA) is 76.7 Å². The molecule has 1 N–H and O–H groups in total. The molecule has 24 heavy (non-hydrogen) atoms. The molecule has 0 fully saturated rings. The molecule has 0 radical (unpaired) electrons. The highest BCUT2D eigenvalue weighted by Crippen LogP contribution is 2.23. The maximum atomic E-state index is 13.6. The number of fused-ring (bicyclic) bond motifs is 1. The second-order valence-electron chi connectivity index (χ2n) is 4.94. The zero-order valence-electron chi connectivity index (χ0n) is 12.1. The SMILES string of the molecule is O=C(OCc1cc(=O)oc2cc(O)ccc12)c1c(F)cccc1F. The Bertz CT molecular complexity index is 974. The monoisotopic (exact) mass is 332 g/mol. The van der Waals surface area contributed by atoms with Gasteiger partial charge in [0, 0.05) is 23.1 Å². The number of hydrogen-bond donors (Lipinski definition) is 1. The molecule has 5 nitrogen and oxygen atoms in total. The van der Waals surface area contributed by atoms with Crippen molar-refractivity contribution in [2.75, 3.05) is 0 Å². The van der Waals surface area contributed by atoms with Gasteiger partial charge in [-0.1, -0.05) is 6.07 Å². The van der Waals surface area contributed by atoms with Crippen LogP contribution in [0.15, 0.2) is 51.7 Å². The number of rotatable bonds is 3. The summed E-state index contributed by atoms with van der Waals surface area (Å²) in [5.41, 5.74) is -1.13. The number of benzene rings is 2. The Hall–Kier alpha value is -3.22. The Kier molecular flexibility index (Phi) is 3.99. The average Bonchev–Trinajstić information content (AvgIpc) is 2.51. The number of halogens is 2. The van der Waals surface area contributed by atoms with Gasteiger partial charge in [0.15, 0.2) is 0 Å². The number of phenolic OH excluding ortho intramolecular Hbond substituents is 1. The Balaban J connectivity index is 1.91. The molecule has 0 unspecified atom stereocenters. The summed E-state index contributed by atoms with van der Waals surface area (Å²) in [7, 11) is 0. The van der Waals surface area contributed by atoms with E-state index in [1.165, 1.54) is 18.2 Å². The van der Waals surface area contributed by atoms with Crippen LogP contribution >= 0.6 is 0 Å². The first kappa shape index (κ1) is 15.7. The van der Waals surface area contributed by atoms with Crippen molar-refractivity contribution < 1.29 is 27.8 Å². The molecule has 7 heteroatoms. The van der Waals surface area contributed by atoms with Gasteiger partial charge in [0.1, 0.15) is 35.1 Å². The molecule has 0 saturated carbocycles. The first-order chi connectivity index (χ1) is 11.5. The smallest absolute Gasteiger partial charge is 0.344 e. The van der Waals surface area contributed by atoms with E-state index in [1.807, 2.05) is 0 Å². The van der Waals surface area contributed by atoms with E-state index in [9.17, 15) is 23.5 Å². The summed E-state index contributed by atoms with van der Waals surface area (Å²) < 4.78 is 37.0. The minimum absolute atomic E-state index is 0.102. The number of carbonyl (C=O) groups excluding carboxylic acids is 1. The van der Waals surface area contributed by atoms with E-state index in [2.05, 4.69) is 0 Å². The molecule has 0 bridgehead atoms. The summed E-state index contributed by atoms with van der Waals surface area (Å²) in [5, 5.41) is 9.83. The van der Waals surface area contributed by atoms with Gasteiger partial charge in [-0.05, 0) is 24.3 Å². The normalized spacial score (nSPS) is 10.8. The lowest BCUT2D eigenvalue weighted by molar-refractivity contribution is 0.0462. The van der Waals surface area contributed by atoms with Gasteiger partial charge >= 0.3 is 11.6 Å². The summed E-state index contributed by atoms with van der Waals surface area (Å²) in [6.45, 7) is -0.389. The van der Waals surface area contributed by atoms with Gasteiger partial charge < -0.3 is 14.3 Å². The van der Waals surface area contributed by atoms with Crippen LogP contribution in [0.1, 0.15) is 15.9 Å². The predicted molar refractivity (Wildman–Crippen MR) is 79.6 cm³/mol. The van der Waals surface area contributed by atoms with Crippen molar-refractivity contribution in [1.82, 2.24) is 0 Å². The third-order valence-corrected chi connectivity index (χ3v) is 3.34. The van der Waals surface area contributed by atoms with E-state index in [4.69, 9.17) is 9.15 Å². The van der Waals surface area contributed by atoms with Crippen LogP contribution in [-0.2, 0) is 11.3 Å². The van der Waals surface area contributed by atoms with E-state index in [-0.39, 0.29) is 23.5 Å². The van der Waals surface area contributed by atoms with Crippen LogP contribution < -0.4 is 5.63 Å². The lowest BCUT2D eigenvalue weighted by Crippen LogP contribution is -2.11. The summed E-state index contributed by atoms with van der Waals surface area (Å²) in [4.78, 5) is 23.4. The van der Waals surface area contributed by atoms with Crippen molar-refractivity contribution in [1.29, 1.82) is 0 Å². The number of aromatic hydroxyl groups is 1. The molecule has 0 aliphatic heterocycles. The van der Waals surface area contributed by atoms with Gasteiger partial charge in [0.25, 0.3) is 0 Å². The second kappa shape index (κ2) is 6.11. The second-order valence-corrected chi connectivity index (χ2v) is 4.94. The van der Waals surface area contributed by atoms with E-state index >= 15 is 0 Å². The number of esters is 1. The highest BCUT2D eigenvalue weighted by Gasteiger charge is 2.19. The molecular formula is C17H10F2O5. The van der Waals surface area contributed by atoms with E-state index in [0.29, 0.717) is 5.39 Å². The van der Waals surface area contributed by atoms with Crippen molar-refractivity contribution in [2.24, 2.45) is 0 Å². The Labute approximate surface area is 133 Å². The molecule has 3 aromatic rings. The molecule has 1 aromatic heterocycles. The van der Waals surface area contributed by atoms with Gasteiger partial charge in [-0.2, -0.15) is 0 Å². The van der Waals surface area contributed by atoms with Crippen LogP contribution in [0.2, 0.25) is 0 Å². The van der Waals surface area contributed by atoms with Crippen molar-refractivity contribution in [3.05, 3.63) is 75.6 Å². The molecule has 122 valence electrons. The fourth-order valence-corrected chi connectivity index (χ4v) is 2.25. The van der Waals surface area contributed by atoms with Crippen molar-refractivity contribution in [2.45, 2.75) is 6.61 Å². The van der Waals surface area contributed by atoms with Crippen LogP contribution in [0.4, 0.5) is 8.78 Å². The molecule has 0 saturated heterocycles. The van der Waals surface area contributed by atoms with Crippen LogP contribution in [0.5, 0.6) is 5.75 Å². The molecular weight excluding hydrogens is 322 g/mol. The third kappa shape index (κ3) is 2.96. The summed E-state index contributed by atoms with van der Waals surface area (Å²) >= 11 is 0. The minimum atomic E-state index is -1.19. The van der Waals surface area contributed by atoms with Crippen LogP contribution in [0.3, 0.4) is 0 Å². The fraction of sp³-hybridized carbons (Fsp3) is 0.0588. The predicted octanol–water partition coefficient (Wildman–Crippen LogP) is 3.13. The van der Waals surface area contributed by atoms with Crippen LogP contribution in [-0.4, -0.2) is 11.1 Å². The number of hydrogen-bond acceptors (Lipinski definition) is 5. The van der Waals surface area contributed by atoms with Crippen molar-refractivity contribution in [3.8, 4) is 5.75 Å². The number of phenols is 1. The molecule has 0 spiro atoms. The number of ether oxygens (including phenoxy) is 1. The van der Waals surface area contributed by atoms with Crippen molar-refractivity contribution >= 4 is 16.9 Å². The molecule has 0 atom stereocenters. The average molecular weight is 332 g/mol. The lowest BCUT2D eigenvalue weighted by atomic mass is 10.1. The van der Waals surface area contributed by atoms with E-state index in [1.54, 1.807) is 0 Å². The summed E-state index contributed by atoms with van der Waals surface area (Å²) in [6, 6.07) is 8.18. The van der Waals surface area contributed by atoms with E-state index in [0.717, 1.165) is 24.3 Å². The van der Waals surface area contributed by atoms with E-state index < -0.39 is 28.8 Å². The van der Waals surface area contributed by atoms with Crippen molar-refractivity contribution in [3.63, 3.8) is 0 Å². The molecule has 1 heterocycles. The first-order valence-corrected chi connectivity index (χ1v) is 6.82. The highest BCUT2D eigenvalue weighted by molar-refractivity contribution is 5.90. The van der Waals surface area contributed by atoms with Gasteiger partial charge in [-0.25, -0.2) is 18.4 Å². The maximum absolute atomic E-state index is 13.6. The molecule has 0 aliphatic rings. The Morgan fingerprint density at radius 3 is 2.54 bits per heavy atom. The molecule has 0 amide bonds. The first-order valence-electron chi connectivity index (χ1n) is 6.82. The fourth-order valence-electron chi connectivity index (χ4n) is 2.25. The highest BCUT2D eigenvalue weighted by atomic mass is 19.1. The molecule has 0 aliphatic carbocycles. The molecule has 3 rings (SSSR count). The Morgan fingerprint density at radius 1 is 1.12 bits per heavy atom. The minimum Gasteiger partial charge on any atom is -0.508 e. The quantitative estimate of drug-likeness (QED) is 0.589. The van der Waals surface area contributed by atoms with Gasteiger partial charge in [0.05, 0.1) is 0 Å². The largest absolute Gasteiger partial charge is 0.508 e. The van der Waals surface area contributed by atoms with Gasteiger partial charge in [-0.3, -0.25) is 0 Å². The van der Waals surface area contributed by atoms with Gasteiger partial charge in [-0.15, -0.1) is 0 Å². The standard InChI is InChI=1S/C17H10F2O5/c18-12-2-1-3-13(19)16(12)17(22)23-8-9-6-15(21)24-14-7-10(20)4-5-11(9)14/h1-7,20H,8H2. The van der Waals surface area contributed by atoms with Crippen LogP contribution in [0.25, 0.3) is 11.0 Å². The third-order valence-electron chi connectivity index (χ3n) is 3.34. The number of carbonyl (C=O) groups is 1. The molecule has 2 aromatic carbocycles. The lowest BCUT2D eigenvalue weighted by Gasteiger charge is -2.08. The van der Waals surface area contributed by atoms with Crippen LogP contribution in [0, 0.1) is 11.6 Å². The summed E-state index contributed by atoms with van der Waals surface area (Å²) in [6.07, 6.45) is 0. The van der Waals surface area contributed by atoms with Gasteiger partial charge in [0.2, 0.25) is 0 Å². The zero-order valence-corrected chi connectivity index (χ0v) is 12.1.